The second kappa shape index (κ2) is 11.2. The zero-order valence-corrected chi connectivity index (χ0v) is 12.9. The molecule has 0 saturated heterocycles. The van der Waals surface area contributed by atoms with Crippen LogP contribution in [0.4, 0.5) is 0 Å². The third-order valence-electron chi connectivity index (χ3n) is 2.87. The maximum absolute atomic E-state index is 9.31. The lowest BCUT2D eigenvalue weighted by molar-refractivity contribution is 0.0749. The quantitative estimate of drug-likeness (QED) is 0.541. The zero-order chi connectivity index (χ0) is 14.6. The number of ether oxygens (including phenoxy) is 2. The van der Waals surface area contributed by atoms with Gasteiger partial charge in [-0.3, -0.25) is 10.2 Å². The van der Waals surface area contributed by atoms with Crippen molar-refractivity contribution in [2.45, 2.75) is 33.2 Å². The maximum Gasteiger partial charge on any atom is 0.116 e. The number of nitrogens with zero attached hydrogens (tertiary/aromatic N) is 2. The van der Waals surface area contributed by atoms with Crippen LogP contribution in [0.3, 0.4) is 0 Å². The van der Waals surface area contributed by atoms with E-state index in [4.69, 9.17) is 9.47 Å². The van der Waals surface area contributed by atoms with Crippen LogP contribution in [0, 0.1) is 11.3 Å². The van der Waals surface area contributed by atoms with E-state index in [0.29, 0.717) is 19.8 Å². The van der Waals surface area contributed by atoms with E-state index in [9.17, 15) is 5.26 Å². The smallest absolute Gasteiger partial charge is 0.116 e. The van der Waals surface area contributed by atoms with Crippen LogP contribution in [0.1, 0.15) is 27.7 Å². The van der Waals surface area contributed by atoms with Gasteiger partial charge >= 0.3 is 0 Å². The zero-order valence-electron chi connectivity index (χ0n) is 12.9. The first kappa shape index (κ1) is 18.3. The summed E-state index contributed by atoms with van der Waals surface area (Å²) in [7, 11) is 0. The molecule has 0 amide bonds. The largest absolute Gasteiger partial charge is 0.380 e. The van der Waals surface area contributed by atoms with Gasteiger partial charge in [0.2, 0.25) is 0 Å². The van der Waals surface area contributed by atoms with Crippen LogP contribution in [0.5, 0.6) is 0 Å². The summed E-state index contributed by atoms with van der Waals surface area (Å²) in [4.78, 5) is 2.22. The number of nitrogens with one attached hydrogen (secondary N) is 1. The Labute approximate surface area is 117 Å². The highest BCUT2D eigenvalue weighted by Gasteiger charge is 2.25. The summed E-state index contributed by atoms with van der Waals surface area (Å²) < 4.78 is 10.8. The molecule has 0 aromatic carbocycles. The molecular weight excluding hydrogens is 242 g/mol. The number of hydrogen-bond acceptors (Lipinski definition) is 5. The molecule has 0 saturated carbocycles. The Balaban J connectivity index is 4.32. The lowest BCUT2D eigenvalue weighted by Gasteiger charge is -2.31. The van der Waals surface area contributed by atoms with Crippen LogP contribution in [-0.2, 0) is 9.47 Å². The number of likely N-dealkylation sites (N-methyl/N-ethyl adjacent to an activating group) is 1. The monoisotopic (exact) mass is 271 g/mol. The van der Waals surface area contributed by atoms with E-state index in [1.807, 2.05) is 27.7 Å². The maximum atomic E-state index is 9.31. The van der Waals surface area contributed by atoms with E-state index in [-0.39, 0.29) is 0 Å². The molecule has 0 aliphatic carbocycles. The molecule has 0 aromatic rings. The van der Waals surface area contributed by atoms with Crippen LogP contribution in [-0.4, -0.2) is 63.0 Å². The Morgan fingerprint density at radius 1 is 1.11 bits per heavy atom. The van der Waals surface area contributed by atoms with Crippen LogP contribution < -0.4 is 5.32 Å². The first-order chi connectivity index (χ1) is 9.11. The molecule has 1 N–H and O–H groups in total. The van der Waals surface area contributed by atoms with E-state index in [0.717, 1.165) is 32.8 Å². The summed E-state index contributed by atoms with van der Waals surface area (Å²) in [6, 6.07) is 2.36. The van der Waals surface area contributed by atoms with Crippen molar-refractivity contribution in [2.24, 2.45) is 0 Å². The Bertz CT molecular complexity index is 246. The van der Waals surface area contributed by atoms with Gasteiger partial charge in [0.15, 0.2) is 0 Å². The van der Waals surface area contributed by atoms with Gasteiger partial charge in [-0.1, -0.05) is 6.92 Å². The van der Waals surface area contributed by atoms with Crippen molar-refractivity contribution in [2.75, 3.05) is 52.6 Å². The van der Waals surface area contributed by atoms with Crippen molar-refractivity contribution in [3.8, 4) is 6.07 Å². The molecule has 0 spiro atoms. The van der Waals surface area contributed by atoms with Gasteiger partial charge in [-0.2, -0.15) is 5.26 Å². The minimum absolute atomic E-state index is 0.521. The van der Waals surface area contributed by atoms with Crippen LogP contribution in [0.15, 0.2) is 0 Å². The molecule has 19 heavy (non-hydrogen) atoms. The summed E-state index contributed by atoms with van der Waals surface area (Å²) in [5, 5.41) is 12.5. The molecule has 0 fully saturated rings. The molecule has 0 aliphatic heterocycles. The van der Waals surface area contributed by atoms with E-state index >= 15 is 0 Å². The molecule has 0 rings (SSSR count). The lowest BCUT2D eigenvalue weighted by atomic mass is 10.0. The first-order valence-electron chi connectivity index (χ1n) is 7.16. The van der Waals surface area contributed by atoms with Gasteiger partial charge in [0.05, 0.1) is 19.3 Å². The van der Waals surface area contributed by atoms with Crippen LogP contribution >= 0.6 is 0 Å². The normalized spacial score (nSPS) is 14.3. The highest BCUT2D eigenvalue weighted by Crippen LogP contribution is 2.05. The molecule has 0 aromatic heterocycles. The molecule has 0 heterocycles. The summed E-state index contributed by atoms with van der Waals surface area (Å²) >= 11 is 0. The van der Waals surface area contributed by atoms with Crippen molar-refractivity contribution in [3.63, 3.8) is 0 Å². The fourth-order valence-electron chi connectivity index (χ4n) is 1.91. The predicted molar refractivity (Wildman–Crippen MR) is 77.1 cm³/mol. The predicted octanol–water partition coefficient (Wildman–Crippen LogP) is 1.25. The van der Waals surface area contributed by atoms with Crippen LogP contribution in [0.25, 0.3) is 0 Å². The van der Waals surface area contributed by atoms with Gasteiger partial charge in [-0.15, -0.1) is 0 Å². The van der Waals surface area contributed by atoms with Gasteiger partial charge in [0.1, 0.15) is 5.54 Å². The molecule has 5 nitrogen and oxygen atoms in total. The lowest BCUT2D eigenvalue weighted by Crippen LogP contribution is -2.51. The Hall–Kier alpha value is -0.670. The summed E-state index contributed by atoms with van der Waals surface area (Å²) in [6.07, 6.45) is 0. The summed E-state index contributed by atoms with van der Waals surface area (Å²) in [6.45, 7) is 13.9. The van der Waals surface area contributed by atoms with Crippen molar-refractivity contribution in [3.05, 3.63) is 0 Å². The Morgan fingerprint density at radius 2 is 1.63 bits per heavy atom. The minimum Gasteiger partial charge on any atom is -0.380 e. The highest BCUT2D eigenvalue weighted by atomic mass is 16.5. The van der Waals surface area contributed by atoms with Gasteiger partial charge in [0.25, 0.3) is 0 Å². The molecule has 1 atom stereocenters. The van der Waals surface area contributed by atoms with Crippen molar-refractivity contribution >= 4 is 0 Å². The van der Waals surface area contributed by atoms with Crippen molar-refractivity contribution in [1.29, 1.82) is 5.26 Å². The molecule has 0 radical (unpaired) electrons. The molecule has 1 unspecified atom stereocenters. The minimum atomic E-state index is -0.521. The second-order valence-electron chi connectivity index (χ2n) is 4.64. The Kier molecular flexibility index (Phi) is 10.8. The average Bonchev–Trinajstić information content (AvgIpc) is 2.39. The summed E-state index contributed by atoms with van der Waals surface area (Å²) in [5.74, 6) is 0. The van der Waals surface area contributed by atoms with Gasteiger partial charge in [-0.05, 0) is 27.3 Å². The fourth-order valence-corrected chi connectivity index (χ4v) is 1.91. The molecular formula is C14H29N3O2. The van der Waals surface area contributed by atoms with E-state index in [1.165, 1.54) is 0 Å². The average molecular weight is 271 g/mol. The molecule has 0 aliphatic rings. The third kappa shape index (κ3) is 8.95. The standard InChI is InChI=1S/C14H29N3O2/c1-5-16-14(4,12-15)13-17(8-10-18-6-2)9-11-19-7-3/h16H,5-11,13H2,1-4H3. The van der Waals surface area contributed by atoms with Crippen LogP contribution in [0.2, 0.25) is 0 Å². The highest BCUT2D eigenvalue weighted by molar-refractivity contribution is 5.05. The van der Waals surface area contributed by atoms with Gasteiger partial charge < -0.3 is 9.47 Å². The third-order valence-corrected chi connectivity index (χ3v) is 2.87. The first-order valence-corrected chi connectivity index (χ1v) is 7.16. The van der Waals surface area contributed by atoms with Crippen molar-refractivity contribution < 1.29 is 9.47 Å². The Morgan fingerprint density at radius 3 is 2.00 bits per heavy atom. The van der Waals surface area contributed by atoms with E-state index in [2.05, 4.69) is 16.3 Å². The van der Waals surface area contributed by atoms with E-state index < -0.39 is 5.54 Å². The fraction of sp³-hybridized carbons (Fsp3) is 0.929. The molecule has 112 valence electrons. The van der Waals surface area contributed by atoms with Gasteiger partial charge in [-0.25, -0.2) is 0 Å². The molecule has 5 heteroatoms. The molecule has 0 bridgehead atoms. The van der Waals surface area contributed by atoms with E-state index in [1.54, 1.807) is 0 Å². The SMILES string of the molecule is CCNC(C)(C#N)CN(CCOCC)CCOCC. The topological polar surface area (TPSA) is 57.5 Å². The number of nitriles is 1. The second-order valence-corrected chi connectivity index (χ2v) is 4.64. The number of rotatable bonds is 12. The van der Waals surface area contributed by atoms with Gasteiger partial charge in [0, 0.05) is 32.8 Å². The van der Waals surface area contributed by atoms with Crippen molar-refractivity contribution in [1.82, 2.24) is 10.2 Å². The summed E-state index contributed by atoms with van der Waals surface area (Å²) in [5.41, 5.74) is -0.521. The number of hydrogen-bond donors (Lipinski definition) is 1.